The van der Waals surface area contributed by atoms with E-state index in [1.54, 1.807) is 0 Å². The quantitative estimate of drug-likeness (QED) is 0.696. The molecule has 1 saturated heterocycles. The summed E-state index contributed by atoms with van der Waals surface area (Å²) in [5.74, 6) is 0.607. The van der Waals surface area contributed by atoms with Crippen LogP contribution in [0.15, 0.2) is 0 Å². The molecule has 0 aromatic heterocycles. The highest BCUT2D eigenvalue weighted by molar-refractivity contribution is 5.75. The van der Waals surface area contributed by atoms with Crippen molar-refractivity contribution in [3.63, 3.8) is 0 Å². The Morgan fingerprint density at radius 3 is 2.72 bits per heavy atom. The van der Waals surface area contributed by atoms with Crippen molar-refractivity contribution in [2.24, 2.45) is 11.7 Å². The van der Waals surface area contributed by atoms with Gasteiger partial charge in [0.2, 0.25) is 5.91 Å². The molecule has 106 valence electrons. The van der Waals surface area contributed by atoms with Gasteiger partial charge in [0.1, 0.15) is 0 Å². The second-order valence-electron chi connectivity index (χ2n) is 5.22. The molecule has 0 radical (unpaired) electrons. The largest absolute Gasteiger partial charge is 0.378 e. The Balaban J connectivity index is 2.11. The molecule has 1 aliphatic heterocycles. The summed E-state index contributed by atoms with van der Waals surface area (Å²) in [5, 5.41) is 2.94. The van der Waals surface area contributed by atoms with Crippen molar-refractivity contribution in [3.05, 3.63) is 0 Å². The topological polar surface area (TPSA) is 64.3 Å². The molecule has 4 nitrogen and oxygen atoms in total. The zero-order chi connectivity index (χ0) is 13.4. The third-order valence-corrected chi connectivity index (χ3v) is 3.91. The number of hydrogen-bond acceptors (Lipinski definition) is 3. The number of carbonyl (C=O) groups is 1. The maximum Gasteiger partial charge on any atom is 0.220 e. The predicted octanol–water partition coefficient (Wildman–Crippen LogP) is 1.83. The van der Waals surface area contributed by atoms with E-state index in [-0.39, 0.29) is 11.9 Å². The van der Waals surface area contributed by atoms with Gasteiger partial charge in [-0.2, -0.15) is 0 Å². The van der Waals surface area contributed by atoms with Crippen LogP contribution in [0.25, 0.3) is 0 Å². The molecule has 1 aliphatic rings. The van der Waals surface area contributed by atoms with E-state index >= 15 is 0 Å². The molecular weight excluding hydrogens is 228 g/mol. The van der Waals surface area contributed by atoms with Crippen LogP contribution in [0.1, 0.15) is 52.4 Å². The summed E-state index contributed by atoms with van der Waals surface area (Å²) >= 11 is 0. The molecule has 18 heavy (non-hydrogen) atoms. The van der Waals surface area contributed by atoms with Gasteiger partial charge in [0.05, 0.1) is 6.10 Å². The third-order valence-electron chi connectivity index (χ3n) is 3.91. The van der Waals surface area contributed by atoms with Crippen LogP contribution >= 0.6 is 0 Å². The molecule has 0 bridgehead atoms. The minimum Gasteiger partial charge on any atom is -0.378 e. The Bertz CT molecular complexity index is 236. The summed E-state index contributed by atoms with van der Waals surface area (Å²) in [6, 6.07) is 0.0756. The number of rotatable bonds is 8. The standard InChI is InChI=1S/C14H28N2O2/c1-3-11(4-2)13(15)10-16-14(17)8-7-12-6-5-9-18-12/h11-13H,3-10,15H2,1-2H3,(H,16,17). The highest BCUT2D eigenvalue weighted by Crippen LogP contribution is 2.16. The first-order valence-electron chi connectivity index (χ1n) is 7.31. The predicted molar refractivity (Wildman–Crippen MR) is 73.3 cm³/mol. The van der Waals surface area contributed by atoms with Gasteiger partial charge in [0.25, 0.3) is 0 Å². The van der Waals surface area contributed by atoms with Crippen LogP contribution in [0.5, 0.6) is 0 Å². The lowest BCUT2D eigenvalue weighted by molar-refractivity contribution is -0.121. The number of amides is 1. The van der Waals surface area contributed by atoms with E-state index in [0.29, 0.717) is 25.0 Å². The van der Waals surface area contributed by atoms with Gasteiger partial charge in [0, 0.05) is 25.6 Å². The number of hydrogen-bond donors (Lipinski definition) is 2. The molecule has 1 rings (SSSR count). The van der Waals surface area contributed by atoms with Crippen LogP contribution in [0.3, 0.4) is 0 Å². The second-order valence-corrected chi connectivity index (χ2v) is 5.22. The van der Waals surface area contributed by atoms with Crippen molar-refractivity contribution in [1.82, 2.24) is 5.32 Å². The number of nitrogens with two attached hydrogens (primary N) is 1. The smallest absolute Gasteiger partial charge is 0.220 e. The summed E-state index contributed by atoms with van der Waals surface area (Å²) in [7, 11) is 0. The molecule has 1 amide bonds. The van der Waals surface area contributed by atoms with E-state index in [4.69, 9.17) is 10.5 Å². The highest BCUT2D eigenvalue weighted by Gasteiger charge is 2.18. The van der Waals surface area contributed by atoms with Crippen LogP contribution in [0.4, 0.5) is 0 Å². The van der Waals surface area contributed by atoms with Gasteiger partial charge in [-0.1, -0.05) is 26.7 Å². The SMILES string of the molecule is CCC(CC)C(N)CNC(=O)CCC1CCCO1. The fraction of sp³-hybridized carbons (Fsp3) is 0.929. The average molecular weight is 256 g/mol. The Labute approximate surface area is 111 Å². The Kier molecular flexibility index (Phi) is 7.28. The Morgan fingerprint density at radius 1 is 1.44 bits per heavy atom. The number of nitrogens with one attached hydrogen (secondary N) is 1. The van der Waals surface area contributed by atoms with E-state index in [0.717, 1.165) is 38.7 Å². The first-order chi connectivity index (χ1) is 8.67. The zero-order valence-electron chi connectivity index (χ0n) is 11.8. The maximum absolute atomic E-state index is 11.7. The molecule has 0 spiro atoms. The molecule has 0 aliphatic carbocycles. The zero-order valence-corrected chi connectivity index (χ0v) is 11.8. The van der Waals surface area contributed by atoms with Crippen molar-refractivity contribution in [1.29, 1.82) is 0 Å². The summed E-state index contributed by atoms with van der Waals surface area (Å²) in [6.07, 6.45) is 6.06. The van der Waals surface area contributed by atoms with Crippen LogP contribution < -0.4 is 11.1 Å². The Morgan fingerprint density at radius 2 is 2.17 bits per heavy atom. The molecule has 1 fully saturated rings. The lowest BCUT2D eigenvalue weighted by Gasteiger charge is -2.21. The minimum atomic E-state index is 0.0756. The van der Waals surface area contributed by atoms with Crippen LogP contribution in [0.2, 0.25) is 0 Å². The van der Waals surface area contributed by atoms with E-state index in [1.807, 2.05) is 0 Å². The van der Waals surface area contributed by atoms with E-state index < -0.39 is 0 Å². The van der Waals surface area contributed by atoms with Crippen molar-refractivity contribution >= 4 is 5.91 Å². The first-order valence-corrected chi connectivity index (χ1v) is 7.31. The first kappa shape index (κ1) is 15.4. The van der Waals surface area contributed by atoms with Crippen molar-refractivity contribution in [2.45, 2.75) is 64.5 Å². The van der Waals surface area contributed by atoms with Gasteiger partial charge in [-0.05, 0) is 25.2 Å². The fourth-order valence-corrected chi connectivity index (χ4v) is 2.55. The molecule has 2 unspecified atom stereocenters. The van der Waals surface area contributed by atoms with Crippen LogP contribution in [0, 0.1) is 5.92 Å². The number of ether oxygens (including phenoxy) is 1. The lowest BCUT2D eigenvalue weighted by Crippen LogP contribution is -2.41. The molecule has 0 aromatic carbocycles. The lowest BCUT2D eigenvalue weighted by atomic mass is 9.95. The summed E-state index contributed by atoms with van der Waals surface area (Å²) < 4.78 is 5.50. The van der Waals surface area contributed by atoms with Crippen molar-refractivity contribution in [3.8, 4) is 0 Å². The summed E-state index contributed by atoms with van der Waals surface area (Å²) in [6.45, 7) is 5.74. The molecule has 0 saturated carbocycles. The van der Waals surface area contributed by atoms with Crippen LogP contribution in [-0.2, 0) is 9.53 Å². The van der Waals surface area contributed by atoms with Gasteiger partial charge in [-0.25, -0.2) is 0 Å². The van der Waals surface area contributed by atoms with Gasteiger partial charge in [-0.15, -0.1) is 0 Å². The van der Waals surface area contributed by atoms with Crippen molar-refractivity contribution in [2.75, 3.05) is 13.2 Å². The maximum atomic E-state index is 11.7. The second kappa shape index (κ2) is 8.48. The normalized spacial score (nSPS) is 21.2. The Hall–Kier alpha value is -0.610. The highest BCUT2D eigenvalue weighted by atomic mass is 16.5. The average Bonchev–Trinajstić information content (AvgIpc) is 2.88. The molecule has 0 aromatic rings. The number of carbonyl (C=O) groups excluding carboxylic acids is 1. The summed E-state index contributed by atoms with van der Waals surface area (Å²) in [4.78, 5) is 11.7. The van der Waals surface area contributed by atoms with E-state index in [9.17, 15) is 4.79 Å². The van der Waals surface area contributed by atoms with Gasteiger partial charge in [0.15, 0.2) is 0 Å². The van der Waals surface area contributed by atoms with Gasteiger partial charge < -0.3 is 15.8 Å². The van der Waals surface area contributed by atoms with Gasteiger partial charge in [-0.3, -0.25) is 4.79 Å². The molecule has 2 atom stereocenters. The van der Waals surface area contributed by atoms with E-state index in [2.05, 4.69) is 19.2 Å². The van der Waals surface area contributed by atoms with Crippen LogP contribution in [-0.4, -0.2) is 31.2 Å². The van der Waals surface area contributed by atoms with Crippen molar-refractivity contribution < 1.29 is 9.53 Å². The fourth-order valence-electron chi connectivity index (χ4n) is 2.55. The minimum absolute atomic E-state index is 0.0756. The van der Waals surface area contributed by atoms with E-state index in [1.165, 1.54) is 0 Å². The third kappa shape index (κ3) is 5.36. The monoisotopic (exact) mass is 256 g/mol. The van der Waals surface area contributed by atoms with Gasteiger partial charge >= 0.3 is 0 Å². The molecular formula is C14H28N2O2. The summed E-state index contributed by atoms with van der Waals surface area (Å²) in [5.41, 5.74) is 6.07. The molecule has 3 N–H and O–H groups in total. The molecule has 4 heteroatoms. The molecule has 1 heterocycles.